The third-order valence-corrected chi connectivity index (χ3v) is 13.5. The quantitative estimate of drug-likeness (QED) is 0.176. The van der Waals surface area contributed by atoms with Gasteiger partial charge in [-0.15, -0.1) is 0 Å². The van der Waals surface area contributed by atoms with E-state index >= 15 is 0 Å². The smallest absolute Gasteiger partial charge is 0.166 e. The second-order valence-electron chi connectivity index (χ2n) is 23.9. The van der Waals surface area contributed by atoms with Crippen molar-refractivity contribution in [1.82, 2.24) is 39.9 Å². The van der Waals surface area contributed by atoms with E-state index in [0.29, 0.717) is 45.9 Å². The molecule has 3 aromatic heterocycles. The average molecular weight is 911 g/mol. The molecule has 2 aliphatic heterocycles. The van der Waals surface area contributed by atoms with Gasteiger partial charge in [0.15, 0.2) is 23.3 Å². The molecule has 0 saturated carbocycles. The molecule has 0 saturated heterocycles. The molecule has 2 N–H and O–H groups in total. The first-order valence-electron chi connectivity index (χ1n) is 23.8. The lowest BCUT2D eigenvalue weighted by Crippen LogP contribution is -2.15. The monoisotopic (exact) mass is 911 g/mol. The molecule has 4 aromatic carbocycles. The van der Waals surface area contributed by atoms with Gasteiger partial charge in [-0.05, 0) is 92.4 Å². The second-order valence-corrected chi connectivity index (χ2v) is 23.9. The van der Waals surface area contributed by atoms with Crippen LogP contribution in [0.2, 0.25) is 0 Å². The summed E-state index contributed by atoms with van der Waals surface area (Å²) in [5.74, 6) is 2.30. The zero-order valence-corrected chi connectivity index (χ0v) is 44.1. The second kappa shape index (κ2) is 15.5. The first kappa shape index (κ1) is 46.5. The third-order valence-electron chi connectivity index (χ3n) is 13.5. The van der Waals surface area contributed by atoms with Crippen LogP contribution in [0.3, 0.4) is 0 Å². The molecule has 354 valence electrons. The fourth-order valence-electron chi connectivity index (χ4n) is 9.36. The molecule has 2 aliphatic rings. The summed E-state index contributed by atoms with van der Waals surface area (Å²) in [6.07, 6.45) is 0. The number of nitrogens with one attached hydrogen (secondary N) is 2. The molecule has 68 heavy (non-hydrogen) atoms. The Morgan fingerprint density at radius 2 is 0.603 bits per heavy atom. The standard InChI is InChI=1S/C56H70N12/c1-53(2,3)29-21-33-41(37(25-29)65(13)14)49-59-45(33)57-46-34-22-30(54(4,5)6)26-38(66(15)16)42(34)51(60-46)64-52-44-36(24-32(56(10,11)12)28-40(44)68(19)20)48(62-52)58-47-35-23-31(55(7,8)9)27-39(67(17)18)43(35)50(61-47)63-49/h21-28H,1-20H3,(H2,57,58,59,60,61,62,63,64). The highest BCUT2D eigenvalue weighted by Crippen LogP contribution is 2.47. The molecule has 8 bridgehead atoms. The Hall–Kier alpha value is -6.56. The van der Waals surface area contributed by atoms with Gasteiger partial charge < -0.3 is 29.6 Å². The van der Waals surface area contributed by atoms with Gasteiger partial charge in [0.25, 0.3) is 0 Å². The molecule has 0 aliphatic carbocycles. The van der Waals surface area contributed by atoms with Gasteiger partial charge in [-0.25, -0.2) is 29.9 Å². The van der Waals surface area contributed by atoms with Gasteiger partial charge in [-0.2, -0.15) is 0 Å². The maximum atomic E-state index is 5.59. The first-order valence-corrected chi connectivity index (χ1v) is 23.8. The Kier molecular flexibility index (Phi) is 10.6. The number of anilines is 4. The summed E-state index contributed by atoms with van der Waals surface area (Å²) in [5.41, 5.74) is 14.6. The van der Waals surface area contributed by atoms with E-state index < -0.39 is 0 Å². The Bertz CT molecular complexity index is 3170. The SMILES string of the molecule is CN(C)c1cc(C(C)(C)C)cc2c1-c1nc-2nc2[nH]c(nc3nc(nc4[nH]c(n1)c1c(N(C)C)cc(C(C)(C)C)cc41)-c1cc(C(C)(C)C)cc(N(C)C)c1-3)c1c(N(C)C)cc(C(C)(C)C)cc21. The lowest BCUT2D eigenvalue weighted by atomic mass is 9.84. The van der Waals surface area contributed by atoms with Gasteiger partial charge >= 0.3 is 0 Å². The minimum absolute atomic E-state index is 0.151. The van der Waals surface area contributed by atoms with Gasteiger partial charge in [0.05, 0.1) is 21.9 Å². The molecule has 0 atom stereocenters. The van der Waals surface area contributed by atoms with Crippen molar-refractivity contribution in [3.05, 3.63) is 70.8 Å². The highest BCUT2D eigenvalue weighted by Gasteiger charge is 2.32. The van der Waals surface area contributed by atoms with Crippen LogP contribution in [0, 0.1) is 0 Å². The highest BCUT2D eigenvalue weighted by molar-refractivity contribution is 6.14. The van der Waals surface area contributed by atoms with Crippen LogP contribution in [-0.4, -0.2) is 96.3 Å². The van der Waals surface area contributed by atoms with E-state index in [2.05, 4.69) is 218 Å². The first-order chi connectivity index (χ1) is 31.5. The van der Waals surface area contributed by atoms with Gasteiger partial charge in [0.2, 0.25) is 0 Å². The van der Waals surface area contributed by atoms with Crippen LogP contribution < -0.4 is 19.6 Å². The van der Waals surface area contributed by atoms with Gasteiger partial charge in [-0.1, -0.05) is 83.1 Å². The minimum atomic E-state index is -0.155. The molecule has 9 rings (SSSR count). The summed E-state index contributed by atoms with van der Waals surface area (Å²) in [7, 11) is 16.7. The van der Waals surface area contributed by atoms with Gasteiger partial charge in [-0.3, -0.25) is 0 Å². The Morgan fingerprint density at radius 1 is 0.324 bits per heavy atom. The van der Waals surface area contributed by atoms with Crippen molar-refractivity contribution in [2.24, 2.45) is 0 Å². The average Bonchev–Trinajstić information content (AvgIpc) is 3.96. The molecule has 12 nitrogen and oxygen atoms in total. The van der Waals surface area contributed by atoms with E-state index in [1.807, 2.05) is 0 Å². The number of hydrogen-bond donors (Lipinski definition) is 2. The Balaban J connectivity index is 1.59. The number of benzene rings is 4. The molecular weight excluding hydrogens is 841 g/mol. The van der Waals surface area contributed by atoms with Crippen LogP contribution in [0.5, 0.6) is 0 Å². The van der Waals surface area contributed by atoms with E-state index in [1.165, 1.54) is 22.3 Å². The van der Waals surface area contributed by atoms with Crippen LogP contribution in [0.1, 0.15) is 105 Å². The van der Waals surface area contributed by atoms with E-state index in [-0.39, 0.29) is 21.7 Å². The number of H-pyrrole nitrogens is 2. The van der Waals surface area contributed by atoms with E-state index in [4.69, 9.17) is 29.9 Å². The number of aromatic amines is 2. The van der Waals surface area contributed by atoms with Crippen molar-refractivity contribution in [2.75, 3.05) is 76.0 Å². The highest BCUT2D eigenvalue weighted by atomic mass is 15.1. The predicted molar refractivity (Wildman–Crippen MR) is 288 cm³/mol. The molecule has 7 aromatic rings. The summed E-state index contributed by atoms with van der Waals surface area (Å²) in [6, 6.07) is 18.2. The summed E-state index contributed by atoms with van der Waals surface area (Å²) in [6.45, 7) is 27.0. The Morgan fingerprint density at radius 3 is 0.897 bits per heavy atom. The molecule has 0 radical (unpaired) electrons. The minimum Gasteiger partial charge on any atom is -0.377 e. The normalized spacial score (nSPS) is 13.0. The fourth-order valence-corrected chi connectivity index (χ4v) is 9.36. The van der Waals surface area contributed by atoms with Crippen molar-refractivity contribution in [3.63, 3.8) is 0 Å². The van der Waals surface area contributed by atoms with Crippen LogP contribution in [0.4, 0.5) is 22.7 Å². The molecule has 5 heterocycles. The maximum Gasteiger partial charge on any atom is 0.166 e. The van der Waals surface area contributed by atoms with Crippen LogP contribution in [0.25, 0.3) is 89.7 Å². The third kappa shape index (κ3) is 7.79. The van der Waals surface area contributed by atoms with Crippen molar-refractivity contribution in [2.45, 2.75) is 105 Å². The van der Waals surface area contributed by atoms with Gasteiger partial charge in [0, 0.05) is 101 Å². The van der Waals surface area contributed by atoms with Gasteiger partial charge in [0.1, 0.15) is 22.6 Å². The molecule has 0 spiro atoms. The Labute approximate surface area is 402 Å². The molecule has 12 heteroatoms. The number of hydrogen-bond acceptors (Lipinski definition) is 10. The zero-order chi connectivity index (χ0) is 49.5. The molecular formula is C56H70N12. The largest absolute Gasteiger partial charge is 0.377 e. The zero-order valence-electron chi connectivity index (χ0n) is 44.1. The van der Waals surface area contributed by atoms with Crippen LogP contribution in [-0.2, 0) is 21.7 Å². The number of aromatic nitrogens is 8. The molecule has 0 unspecified atom stereocenters. The molecule has 0 amide bonds. The van der Waals surface area contributed by atoms with Crippen molar-refractivity contribution in [3.8, 4) is 45.6 Å². The predicted octanol–water partition coefficient (Wildman–Crippen LogP) is 12.3. The van der Waals surface area contributed by atoms with Crippen LogP contribution >= 0.6 is 0 Å². The number of nitrogens with zero attached hydrogens (tertiary/aromatic N) is 10. The summed E-state index contributed by atoms with van der Waals surface area (Å²) < 4.78 is 0. The summed E-state index contributed by atoms with van der Waals surface area (Å²) in [4.78, 5) is 49.4. The van der Waals surface area contributed by atoms with E-state index in [0.717, 1.165) is 66.5 Å². The summed E-state index contributed by atoms with van der Waals surface area (Å²) >= 11 is 0. The lowest BCUT2D eigenvalue weighted by molar-refractivity contribution is 0.590. The van der Waals surface area contributed by atoms with E-state index in [9.17, 15) is 0 Å². The maximum absolute atomic E-state index is 5.59. The van der Waals surface area contributed by atoms with Crippen LogP contribution in [0.15, 0.2) is 48.5 Å². The fraction of sp³-hybridized carbons (Fsp3) is 0.429. The van der Waals surface area contributed by atoms with Crippen molar-refractivity contribution in [1.29, 1.82) is 0 Å². The number of fused-ring (bicyclic) bond motifs is 20. The lowest BCUT2D eigenvalue weighted by Gasteiger charge is -2.24. The summed E-state index contributed by atoms with van der Waals surface area (Å²) in [5, 5.41) is 3.81. The van der Waals surface area contributed by atoms with Crippen molar-refractivity contribution < 1.29 is 0 Å². The van der Waals surface area contributed by atoms with Crippen molar-refractivity contribution >= 4 is 66.9 Å². The number of rotatable bonds is 4. The van der Waals surface area contributed by atoms with E-state index in [1.54, 1.807) is 0 Å². The topological polar surface area (TPSA) is 122 Å². The molecule has 0 fully saturated rings.